The Hall–Kier alpha value is -2.34. The monoisotopic (exact) mass is 323 g/mol. The first-order valence-electron chi connectivity index (χ1n) is 7.01. The molecule has 6 heteroatoms. The summed E-state index contributed by atoms with van der Waals surface area (Å²) in [4.78, 5) is 12.0. The molecule has 23 heavy (non-hydrogen) atoms. The highest BCUT2D eigenvalue weighted by atomic mass is 19.2. The zero-order chi connectivity index (χ0) is 17.0. The zero-order valence-corrected chi connectivity index (χ0v) is 12.4. The number of halogens is 3. The fourth-order valence-corrected chi connectivity index (χ4v) is 2.26. The van der Waals surface area contributed by atoms with Crippen LogP contribution < -0.4 is 5.32 Å². The summed E-state index contributed by atoms with van der Waals surface area (Å²) in [5.41, 5.74) is 1.73. The molecule has 0 spiro atoms. The third kappa shape index (κ3) is 4.32. The Morgan fingerprint density at radius 2 is 1.83 bits per heavy atom. The molecule has 0 aliphatic heterocycles. The van der Waals surface area contributed by atoms with Crippen LogP contribution in [0.3, 0.4) is 0 Å². The number of nitrogens with one attached hydrogen (secondary N) is 1. The van der Waals surface area contributed by atoms with E-state index < -0.39 is 36.0 Å². The van der Waals surface area contributed by atoms with E-state index in [0.717, 1.165) is 23.3 Å². The van der Waals surface area contributed by atoms with Crippen LogP contribution in [0.15, 0.2) is 36.4 Å². The molecule has 2 N–H and O–H groups in total. The number of amides is 1. The number of aryl methyl sites for hydroxylation is 1. The number of aliphatic hydroxyl groups is 1. The van der Waals surface area contributed by atoms with Crippen molar-refractivity contribution in [3.05, 3.63) is 70.5 Å². The van der Waals surface area contributed by atoms with Gasteiger partial charge >= 0.3 is 0 Å². The number of aliphatic hydroxyl groups excluding tert-OH is 1. The van der Waals surface area contributed by atoms with Crippen molar-refractivity contribution in [2.24, 2.45) is 0 Å². The van der Waals surface area contributed by atoms with Gasteiger partial charge < -0.3 is 10.4 Å². The molecule has 0 aliphatic carbocycles. The van der Waals surface area contributed by atoms with Crippen molar-refractivity contribution in [2.45, 2.75) is 19.4 Å². The average Bonchev–Trinajstić information content (AvgIpc) is 2.49. The molecule has 0 aromatic heterocycles. The molecule has 2 aromatic rings. The van der Waals surface area contributed by atoms with Gasteiger partial charge in [-0.15, -0.1) is 0 Å². The molecule has 3 nitrogen and oxygen atoms in total. The summed E-state index contributed by atoms with van der Waals surface area (Å²) in [6.07, 6.45) is 0.0599. The third-order valence-electron chi connectivity index (χ3n) is 3.37. The summed E-state index contributed by atoms with van der Waals surface area (Å²) in [7, 11) is 0. The van der Waals surface area contributed by atoms with Crippen LogP contribution >= 0.6 is 0 Å². The Morgan fingerprint density at radius 3 is 2.39 bits per heavy atom. The number of hydrogen-bond donors (Lipinski definition) is 2. The Labute approximate surface area is 131 Å². The Kier molecular flexibility index (Phi) is 5.39. The first-order chi connectivity index (χ1) is 10.9. The van der Waals surface area contributed by atoms with E-state index in [-0.39, 0.29) is 12.0 Å². The van der Waals surface area contributed by atoms with Crippen LogP contribution in [-0.2, 0) is 11.2 Å². The van der Waals surface area contributed by atoms with Crippen molar-refractivity contribution in [2.75, 3.05) is 6.61 Å². The number of rotatable bonds is 5. The molecule has 0 fully saturated rings. The molecular formula is C17H16F3NO2. The summed E-state index contributed by atoms with van der Waals surface area (Å²) in [5.74, 6) is -4.74. The van der Waals surface area contributed by atoms with E-state index >= 15 is 0 Å². The Balaban J connectivity index is 2.11. The van der Waals surface area contributed by atoms with Gasteiger partial charge in [-0.3, -0.25) is 4.79 Å². The standard InChI is InChI=1S/C17H16F3NO2/c1-10-3-2-4-11(5-10)6-16(23)21-15(9-22)12-7-13(18)17(20)14(19)8-12/h2-5,7-8,15,22H,6,9H2,1H3,(H,21,23). The van der Waals surface area contributed by atoms with Crippen LogP contribution in [0.2, 0.25) is 0 Å². The smallest absolute Gasteiger partial charge is 0.224 e. The summed E-state index contributed by atoms with van der Waals surface area (Å²) in [6.45, 7) is 1.33. The summed E-state index contributed by atoms with van der Waals surface area (Å²) in [5, 5.41) is 11.8. The number of carbonyl (C=O) groups is 1. The number of carbonyl (C=O) groups excluding carboxylic acids is 1. The van der Waals surface area contributed by atoms with Crippen LogP contribution in [0.4, 0.5) is 13.2 Å². The van der Waals surface area contributed by atoms with Gasteiger partial charge in [0, 0.05) is 0 Å². The van der Waals surface area contributed by atoms with Crippen LogP contribution in [0, 0.1) is 24.4 Å². The van der Waals surface area contributed by atoms with E-state index in [0.29, 0.717) is 0 Å². The van der Waals surface area contributed by atoms with Crippen LogP contribution in [-0.4, -0.2) is 17.6 Å². The summed E-state index contributed by atoms with van der Waals surface area (Å²) < 4.78 is 39.5. The maximum absolute atomic E-state index is 13.3. The van der Waals surface area contributed by atoms with Crippen molar-refractivity contribution < 1.29 is 23.1 Å². The SMILES string of the molecule is Cc1cccc(CC(=O)NC(CO)c2cc(F)c(F)c(F)c2)c1. The second kappa shape index (κ2) is 7.28. The van der Waals surface area contributed by atoms with Crippen molar-refractivity contribution in [3.8, 4) is 0 Å². The fraction of sp³-hybridized carbons (Fsp3) is 0.235. The maximum atomic E-state index is 13.3. The predicted octanol–water partition coefficient (Wildman–Crippen LogP) is 2.80. The van der Waals surface area contributed by atoms with Crippen molar-refractivity contribution in [3.63, 3.8) is 0 Å². The van der Waals surface area contributed by atoms with E-state index in [4.69, 9.17) is 0 Å². The second-order valence-electron chi connectivity index (χ2n) is 5.27. The average molecular weight is 323 g/mol. The van der Waals surface area contributed by atoms with E-state index in [1.54, 1.807) is 6.07 Å². The van der Waals surface area contributed by atoms with E-state index in [1.807, 2.05) is 25.1 Å². The molecule has 0 bridgehead atoms. The molecule has 2 aromatic carbocycles. The predicted molar refractivity (Wildman–Crippen MR) is 79.2 cm³/mol. The normalized spacial score (nSPS) is 12.0. The number of hydrogen-bond acceptors (Lipinski definition) is 2. The van der Waals surface area contributed by atoms with Gasteiger partial charge in [-0.2, -0.15) is 0 Å². The lowest BCUT2D eigenvalue weighted by molar-refractivity contribution is -0.121. The van der Waals surface area contributed by atoms with Gasteiger partial charge in [0.15, 0.2) is 17.5 Å². The van der Waals surface area contributed by atoms with Crippen molar-refractivity contribution in [1.29, 1.82) is 0 Å². The molecule has 1 unspecified atom stereocenters. The molecule has 0 heterocycles. The lowest BCUT2D eigenvalue weighted by Crippen LogP contribution is -2.32. The van der Waals surface area contributed by atoms with Gasteiger partial charge in [-0.1, -0.05) is 29.8 Å². The minimum Gasteiger partial charge on any atom is -0.394 e. The third-order valence-corrected chi connectivity index (χ3v) is 3.37. The highest BCUT2D eigenvalue weighted by molar-refractivity contribution is 5.79. The quantitative estimate of drug-likeness (QED) is 0.831. The number of benzene rings is 2. The molecule has 1 amide bonds. The Morgan fingerprint density at radius 1 is 1.17 bits per heavy atom. The first kappa shape index (κ1) is 17.0. The molecule has 0 aliphatic rings. The van der Waals surface area contributed by atoms with Gasteiger partial charge in [-0.05, 0) is 30.2 Å². The molecule has 2 rings (SSSR count). The summed E-state index contributed by atoms with van der Waals surface area (Å²) in [6, 6.07) is 7.81. The maximum Gasteiger partial charge on any atom is 0.224 e. The van der Waals surface area contributed by atoms with Crippen molar-refractivity contribution >= 4 is 5.91 Å². The fourth-order valence-electron chi connectivity index (χ4n) is 2.26. The van der Waals surface area contributed by atoms with Crippen LogP contribution in [0.1, 0.15) is 22.7 Å². The highest BCUT2D eigenvalue weighted by Crippen LogP contribution is 2.19. The second-order valence-corrected chi connectivity index (χ2v) is 5.27. The topological polar surface area (TPSA) is 49.3 Å². The van der Waals surface area contributed by atoms with Crippen LogP contribution in [0.25, 0.3) is 0 Å². The van der Waals surface area contributed by atoms with Crippen LogP contribution in [0.5, 0.6) is 0 Å². The lowest BCUT2D eigenvalue weighted by Gasteiger charge is -2.17. The van der Waals surface area contributed by atoms with E-state index in [2.05, 4.69) is 5.32 Å². The minimum atomic E-state index is -1.59. The van der Waals surface area contributed by atoms with Gasteiger partial charge in [0.25, 0.3) is 0 Å². The first-order valence-corrected chi connectivity index (χ1v) is 7.01. The molecule has 1 atom stereocenters. The highest BCUT2D eigenvalue weighted by Gasteiger charge is 2.18. The molecule has 122 valence electrons. The molecule has 0 saturated carbocycles. The largest absolute Gasteiger partial charge is 0.394 e. The van der Waals surface area contributed by atoms with E-state index in [9.17, 15) is 23.1 Å². The molecule has 0 saturated heterocycles. The van der Waals surface area contributed by atoms with Crippen molar-refractivity contribution in [1.82, 2.24) is 5.32 Å². The van der Waals surface area contributed by atoms with Gasteiger partial charge in [-0.25, -0.2) is 13.2 Å². The minimum absolute atomic E-state index is 0.0403. The summed E-state index contributed by atoms with van der Waals surface area (Å²) >= 11 is 0. The van der Waals surface area contributed by atoms with Gasteiger partial charge in [0.1, 0.15) is 0 Å². The molecular weight excluding hydrogens is 307 g/mol. The van der Waals surface area contributed by atoms with Gasteiger partial charge in [0.05, 0.1) is 19.1 Å². The van der Waals surface area contributed by atoms with E-state index in [1.165, 1.54) is 0 Å². The lowest BCUT2D eigenvalue weighted by atomic mass is 10.1. The Bertz CT molecular complexity index is 696. The zero-order valence-electron chi connectivity index (χ0n) is 12.4. The molecule has 0 radical (unpaired) electrons. The van der Waals surface area contributed by atoms with Gasteiger partial charge in [0.2, 0.25) is 5.91 Å².